The van der Waals surface area contributed by atoms with Gasteiger partial charge in [-0.1, -0.05) is 18.2 Å². The molecule has 0 aliphatic carbocycles. The fraction of sp³-hybridized carbons (Fsp3) is 0. The van der Waals surface area contributed by atoms with E-state index >= 15 is 0 Å². The third-order valence-corrected chi connectivity index (χ3v) is 5.00. The predicted molar refractivity (Wildman–Crippen MR) is 93.9 cm³/mol. The van der Waals surface area contributed by atoms with E-state index in [1.54, 1.807) is 48.5 Å². The molecule has 4 rings (SSSR count). The summed E-state index contributed by atoms with van der Waals surface area (Å²) in [5.41, 5.74) is 1.02. The van der Waals surface area contributed by atoms with Crippen molar-refractivity contribution in [2.45, 2.75) is 4.90 Å². The number of benzene rings is 2. The van der Waals surface area contributed by atoms with E-state index in [-0.39, 0.29) is 22.2 Å². The van der Waals surface area contributed by atoms with E-state index in [1.165, 1.54) is 18.4 Å². The van der Waals surface area contributed by atoms with E-state index in [0.29, 0.717) is 11.3 Å². The van der Waals surface area contributed by atoms with E-state index in [4.69, 9.17) is 9.15 Å². The number of carbonyl (C=O) groups excluding carboxylic acids is 1. The van der Waals surface area contributed by atoms with Crippen LogP contribution in [0.3, 0.4) is 0 Å². The Bertz CT molecular complexity index is 1120. The Morgan fingerprint density at radius 1 is 1.04 bits per heavy atom. The zero-order valence-corrected chi connectivity index (χ0v) is 14.1. The van der Waals surface area contributed by atoms with Gasteiger partial charge in [-0.3, -0.25) is 0 Å². The van der Waals surface area contributed by atoms with Gasteiger partial charge in [-0.05, 0) is 36.4 Å². The molecule has 7 nitrogen and oxygen atoms in total. The second-order valence-electron chi connectivity index (χ2n) is 5.43. The van der Waals surface area contributed by atoms with Crippen LogP contribution in [0.15, 0.2) is 80.6 Å². The maximum absolute atomic E-state index is 12.1. The van der Waals surface area contributed by atoms with Crippen molar-refractivity contribution in [2.24, 2.45) is 4.40 Å². The number of sulfonamides is 1. The first-order valence-corrected chi connectivity index (χ1v) is 9.04. The Labute approximate surface area is 149 Å². The Kier molecular flexibility index (Phi) is 3.81. The minimum absolute atomic E-state index is 0.0866. The highest BCUT2D eigenvalue weighted by molar-refractivity contribution is 7.90. The zero-order valence-electron chi connectivity index (χ0n) is 13.2. The summed E-state index contributed by atoms with van der Waals surface area (Å²) in [6.07, 6.45) is 1.38. The highest BCUT2D eigenvalue weighted by Crippen LogP contribution is 2.27. The van der Waals surface area contributed by atoms with Crippen LogP contribution in [-0.4, -0.2) is 20.2 Å². The lowest BCUT2D eigenvalue weighted by molar-refractivity contribution is 0.0701. The maximum Gasteiger partial charge on any atom is 0.379 e. The van der Waals surface area contributed by atoms with Crippen molar-refractivity contribution in [3.8, 4) is 5.75 Å². The number of furan rings is 1. The minimum Gasteiger partial charge on any atom is -0.457 e. The number of nitrogens with zero attached hydrogens (tertiary/aromatic N) is 1. The lowest BCUT2D eigenvalue weighted by atomic mass is 10.2. The molecule has 0 saturated carbocycles. The lowest BCUT2D eigenvalue weighted by Crippen LogP contribution is -2.12. The van der Waals surface area contributed by atoms with Gasteiger partial charge < -0.3 is 14.5 Å². The van der Waals surface area contributed by atoms with Gasteiger partial charge in [-0.2, -0.15) is 8.42 Å². The number of amidine groups is 1. The number of rotatable bonds is 3. The van der Waals surface area contributed by atoms with Gasteiger partial charge in [0.2, 0.25) is 5.76 Å². The van der Waals surface area contributed by atoms with Gasteiger partial charge in [0.05, 0.1) is 6.26 Å². The second kappa shape index (κ2) is 6.16. The maximum atomic E-state index is 12.1. The number of fused-ring (bicyclic) bond motifs is 1. The Morgan fingerprint density at radius 3 is 2.69 bits per heavy atom. The summed E-state index contributed by atoms with van der Waals surface area (Å²) >= 11 is 0. The van der Waals surface area contributed by atoms with Gasteiger partial charge in [0.25, 0.3) is 10.0 Å². The molecule has 26 heavy (non-hydrogen) atoms. The van der Waals surface area contributed by atoms with Crippen LogP contribution in [0, 0.1) is 0 Å². The fourth-order valence-electron chi connectivity index (χ4n) is 2.52. The largest absolute Gasteiger partial charge is 0.457 e. The summed E-state index contributed by atoms with van der Waals surface area (Å²) in [6, 6.07) is 16.2. The fourth-order valence-corrected chi connectivity index (χ4v) is 3.70. The quantitative estimate of drug-likeness (QED) is 0.564. The second-order valence-corrected chi connectivity index (χ2v) is 7.00. The molecule has 1 N–H and O–H groups in total. The van der Waals surface area contributed by atoms with Crippen molar-refractivity contribution in [3.05, 3.63) is 78.3 Å². The topological polar surface area (TPSA) is 98.0 Å². The Hall–Kier alpha value is -3.39. The van der Waals surface area contributed by atoms with Crippen LogP contribution < -0.4 is 10.1 Å². The third kappa shape index (κ3) is 2.98. The first-order valence-electron chi connectivity index (χ1n) is 7.60. The number of esters is 1. The summed E-state index contributed by atoms with van der Waals surface area (Å²) in [4.78, 5) is 12.1. The van der Waals surface area contributed by atoms with Crippen molar-refractivity contribution < 1.29 is 22.4 Å². The first-order chi connectivity index (χ1) is 12.5. The molecule has 1 aliphatic heterocycles. The molecule has 1 aliphatic rings. The number of hydrogen-bond donors (Lipinski definition) is 1. The van der Waals surface area contributed by atoms with Gasteiger partial charge >= 0.3 is 5.97 Å². The Morgan fingerprint density at radius 2 is 1.88 bits per heavy atom. The van der Waals surface area contributed by atoms with E-state index in [9.17, 15) is 13.2 Å². The summed E-state index contributed by atoms with van der Waals surface area (Å²) in [5.74, 6) is -0.0388. The molecule has 0 bridgehead atoms. The summed E-state index contributed by atoms with van der Waals surface area (Å²) < 4.78 is 38.2. The number of carbonyl (C=O) groups is 1. The van der Waals surface area contributed by atoms with Crippen molar-refractivity contribution in [1.82, 2.24) is 0 Å². The van der Waals surface area contributed by atoms with E-state index in [0.717, 1.165) is 0 Å². The van der Waals surface area contributed by atoms with Gasteiger partial charge in [0.15, 0.2) is 5.84 Å². The van der Waals surface area contributed by atoms with Gasteiger partial charge in [-0.25, -0.2) is 4.79 Å². The molecule has 1 aromatic heterocycles. The summed E-state index contributed by atoms with van der Waals surface area (Å²) in [5, 5.41) is 2.96. The average Bonchev–Trinajstić information content (AvgIpc) is 3.23. The third-order valence-electron chi connectivity index (χ3n) is 3.66. The summed E-state index contributed by atoms with van der Waals surface area (Å²) in [6.45, 7) is 0. The van der Waals surface area contributed by atoms with Crippen LogP contribution in [0.4, 0.5) is 5.69 Å². The first kappa shape index (κ1) is 16.1. The predicted octanol–water partition coefficient (Wildman–Crippen LogP) is 3.06. The molecule has 2 heterocycles. The minimum atomic E-state index is -3.71. The highest BCUT2D eigenvalue weighted by atomic mass is 32.2. The Balaban J connectivity index is 1.58. The molecule has 0 unspecified atom stereocenters. The lowest BCUT2D eigenvalue weighted by Gasteiger charge is -2.08. The van der Waals surface area contributed by atoms with Crippen LogP contribution in [0.5, 0.6) is 5.75 Å². The van der Waals surface area contributed by atoms with Crippen LogP contribution in [0.2, 0.25) is 0 Å². The molecule has 130 valence electrons. The van der Waals surface area contributed by atoms with Crippen LogP contribution in [0.1, 0.15) is 16.1 Å². The average molecular weight is 368 g/mol. The van der Waals surface area contributed by atoms with Crippen molar-refractivity contribution in [3.63, 3.8) is 0 Å². The van der Waals surface area contributed by atoms with Crippen molar-refractivity contribution in [2.75, 3.05) is 5.32 Å². The molecule has 0 fully saturated rings. The normalized spacial score (nSPS) is 14.4. The number of nitrogens with one attached hydrogen (secondary N) is 1. The highest BCUT2D eigenvalue weighted by Gasteiger charge is 2.28. The van der Waals surface area contributed by atoms with Crippen molar-refractivity contribution in [1.29, 1.82) is 0 Å². The van der Waals surface area contributed by atoms with Crippen LogP contribution in [-0.2, 0) is 10.0 Å². The van der Waals surface area contributed by atoms with Crippen LogP contribution >= 0.6 is 0 Å². The molecule has 0 spiro atoms. The summed E-state index contributed by atoms with van der Waals surface area (Å²) in [7, 11) is -3.71. The number of ether oxygens (including phenoxy) is 1. The van der Waals surface area contributed by atoms with Crippen molar-refractivity contribution >= 4 is 27.5 Å². The standard InChI is InChI=1S/C18H12N2O5S/c21-18(15-8-4-10-24-15)25-13-6-3-5-12(11-13)19-17-14-7-1-2-9-16(14)26(22,23)20-17/h1-11H,(H,19,20). The monoisotopic (exact) mass is 368 g/mol. The van der Waals surface area contributed by atoms with E-state index in [2.05, 4.69) is 9.71 Å². The number of hydrogen-bond acceptors (Lipinski definition) is 6. The molecule has 0 saturated heterocycles. The molecule has 0 amide bonds. The zero-order chi connectivity index (χ0) is 18.1. The smallest absolute Gasteiger partial charge is 0.379 e. The molecule has 3 aromatic rings. The molecule has 8 heteroatoms. The SMILES string of the molecule is O=C(Oc1cccc(NC2=NS(=O)(=O)c3ccccc32)c1)c1ccco1. The van der Waals surface area contributed by atoms with E-state index in [1.807, 2.05) is 0 Å². The van der Waals surface area contributed by atoms with Gasteiger partial charge in [0, 0.05) is 17.3 Å². The molecular weight excluding hydrogens is 356 g/mol. The van der Waals surface area contributed by atoms with Gasteiger partial charge in [0.1, 0.15) is 10.6 Å². The molecular formula is C18H12N2O5S. The molecule has 0 atom stereocenters. The number of anilines is 1. The van der Waals surface area contributed by atoms with Crippen LogP contribution in [0.25, 0.3) is 0 Å². The molecule has 0 radical (unpaired) electrons. The van der Waals surface area contributed by atoms with Gasteiger partial charge in [-0.15, -0.1) is 4.40 Å². The van der Waals surface area contributed by atoms with E-state index < -0.39 is 16.0 Å². The molecule has 2 aromatic carbocycles.